The van der Waals surface area contributed by atoms with E-state index in [2.05, 4.69) is 0 Å². The fourth-order valence-corrected chi connectivity index (χ4v) is 4.19. The standard InChI is InChI=1S/C23H22Cl2FNO2/c1-13(2)27-10-9-18(23(28)29)22(27)19(17-8-7-16(24)11-14(17)3)12-15-5-4-6-20(25)21(15)26/h4-11,13,19H,12H2,1-3H3,(H,28,29). The van der Waals surface area contributed by atoms with Crippen LogP contribution in [0.25, 0.3) is 0 Å². The molecule has 0 saturated carbocycles. The highest BCUT2D eigenvalue weighted by Crippen LogP contribution is 2.37. The number of halogens is 3. The summed E-state index contributed by atoms with van der Waals surface area (Å²) in [5.74, 6) is -1.88. The average molecular weight is 434 g/mol. The van der Waals surface area contributed by atoms with E-state index >= 15 is 0 Å². The van der Waals surface area contributed by atoms with E-state index in [1.807, 2.05) is 37.5 Å². The third-order valence-electron chi connectivity index (χ3n) is 5.14. The van der Waals surface area contributed by atoms with Crippen LogP contribution in [0.2, 0.25) is 10.0 Å². The summed E-state index contributed by atoms with van der Waals surface area (Å²) < 4.78 is 16.7. The van der Waals surface area contributed by atoms with Crippen molar-refractivity contribution in [3.05, 3.63) is 92.5 Å². The van der Waals surface area contributed by atoms with E-state index in [0.29, 0.717) is 16.3 Å². The lowest BCUT2D eigenvalue weighted by molar-refractivity contribution is 0.0695. The Kier molecular flexibility index (Phi) is 6.35. The van der Waals surface area contributed by atoms with E-state index in [1.165, 1.54) is 6.07 Å². The molecule has 0 fully saturated rings. The maximum Gasteiger partial charge on any atom is 0.337 e. The third-order valence-corrected chi connectivity index (χ3v) is 5.66. The molecule has 0 aliphatic heterocycles. The van der Waals surface area contributed by atoms with Crippen LogP contribution in [-0.2, 0) is 6.42 Å². The van der Waals surface area contributed by atoms with Crippen molar-refractivity contribution in [2.24, 2.45) is 0 Å². The minimum absolute atomic E-state index is 0.0393. The van der Waals surface area contributed by atoms with Crippen molar-refractivity contribution in [1.29, 1.82) is 0 Å². The number of carboxylic acids is 1. The van der Waals surface area contributed by atoms with Gasteiger partial charge in [-0.15, -0.1) is 0 Å². The van der Waals surface area contributed by atoms with Crippen molar-refractivity contribution >= 4 is 29.2 Å². The van der Waals surface area contributed by atoms with Gasteiger partial charge in [0.1, 0.15) is 5.82 Å². The zero-order valence-electron chi connectivity index (χ0n) is 16.4. The molecule has 1 aromatic heterocycles. The summed E-state index contributed by atoms with van der Waals surface area (Å²) in [4.78, 5) is 12.0. The second-order valence-electron chi connectivity index (χ2n) is 7.39. The first-order valence-corrected chi connectivity index (χ1v) is 10.1. The largest absolute Gasteiger partial charge is 0.478 e. The van der Waals surface area contributed by atoms with E-state index in [4.69, 9.17) is 23.2 Å². The molecule has 0 spiro atoms. The zero-order valence-corrected chi connectivity index (χ0v) is 17.9. The molecule has 152 valence electrons. The van der Waals surface area contributed by atoms with Gasteiger partial charge >= 0.3 is 5.97 Å². The molecule has 3 rings (SSSR count). The Hall–Kier alpha value is -2.30. The van der Waals surface area contributed by atoms with E-state index in [1.54, 1.807) is 30.5 Å². The van der Waals surface area contributed by atoms with Gasteiger partial charge < -0.3 is 9.67 Å². The van der Waals surface area contributed by atoms with E-state index < -0.39 is 11.8 Å². The van der Waals surface area contributed by atoms with Crippen LogP contribution >= 0.6 is 23.2 Å². The molecule has 1 atom stereocenters. The van der Waals surface area contributed by atoms with Crippen molar-refractivity contribution in [3.63, 3.8) is 0 Å². The number of hydrogen-bond acceptors (Lipinski definition) is 1. The molecule has 0 amide bonds. The van der Waals surface area contributed by atoms with Crippen LogP contribution in [0, 0.1) is 12.7 Å². The molecule has 3 nitrogen and oxygen atoms in total. The second kappa shape index (κ2) is 8.60. The van der Waals surface area contributed by atoms with Crippen molar-refractivity contribution < 1.29 is 14.3 Å². The Morgan fingerprint density at radius 1 is 1.17 bits per heavy atom. The fraction of sp³-hybridized carbons (Fsp3) is 0.261. The molecule has 1 unspecified atom stereocenters. The quantitative estimate of drug-likeness (QED) is 0.459. The second-order valence-corrected chi connectivity index (χ2v) is 8.24. The van der Waals surface area contributed by atoms with Gasteiger partial charge in [0.2, 0.25) is 0 Å². The zero-order chi connectivity index (χ0) is 21.3. The summed E-state index contributed by atoms with van der Waals surface area (Å²) in [6.45, 7) is 5.90. The molecule has 0 saturated heterocycles. The molecule has 0 bridgehead atoms. The van der Waals surface area contributed by atoms with Crippen LogP contribution in [-0.4, -0.2) is 15.6 Å². The van der Waals surface area contributed by atoms with Crippen molar-refractivity contribution in [1.82, 2.24) is 4.57 Å². The molecule has 0 radical (unpaired) electrons. The topological polar surface area (TPSA) is 42.2 Å². The first kappa shape index (κ1) is 21.4. The monoisotopic (exact) mass is 433 g/mol. The Morgan fingerprint density at radius 2 is 1.90 bits per heavy atom. The van der Waals surface area contributed by atoms with Crippen molar-refractivity contribution in [2.45, 2.75) is 39.2 Å². The molecule has 3 aromatic rings. The molecule has 6 heteroatoms. The Morgan fingerprint density at radius 3 is 2.52 bits per heavy atom. The Balaban J connectivity index is 2.25. The van der Waals surface area contributed by atoms with Gasteiger partial charge in [0.05, 0.1) is 10.6 Å². The van der Waals surface area contributed by atoms with Crippen LogP contribution < -0.4 is 0 Å². The highest BCUT2D eigenvalue weighted by Gasteiger charge is 2.28. The molecular weight excluding hydrogens is 412 g/mol. The Labute approximate surface area is 179 Å². The Bertz CT molecular complexity index is 1060. The maximum absolute atomic E-state index is 14.7. The highest BCUT2D eigenvalue weighted by atomic mass is 35.5. The maximum atomic E-state index is 14.7. The molecule has 0 aliphatic carbocycles. The third kappa shape index (κ3) is 4.34. The van der Waals surface area contributed by atoms with Gasteiger partial charge in [0, 0.05) is 28.9 Å². The van der Waals surface area contributed by atoms with Gasteiger partial charge in [-0.25, -0.2) is 9.18 Å². The van der Waals surface area contributed by atoms with Gasteiger partial charge in [-0.05, 0) is 68.1 Å². The van der Waals surface area contributed by atoms with Crippen LogP contribution in [0.3, 0.4) is 0 Å². The number of aromatic nitrogens is 1. The molecule has 0 aliphatic rings. The van der Waals surface area contributed by atoms with Gasteiger partial charge in [0.15, 0.2) is 0 Å². The van der Waals surface area contributed by atoms with E-state index in [0.717, 1.165) is 11.1 Å². The summed E-state index contributed by atoms with van der Waals surface area (Å²) in [6.07, 6.45) is 2.04. The molecule has 1 N–H and O–H groups in total. The number of hydrogen-bond donors (Lipinski definition) is 1. The van der Waals surface area contributed by atoms with Gasteiger partial charge in [-0.1, -0.05) is 41.4 Å². The van der Waals surface area contributed by atoms with Gasteiger partial charge in [0.25, 0.3) is 0 Å². The summed E-state index contributed by atoms with van der Waals surface area (Å²) in [5, 5.41) is 10.4. The van der Waals surface area contributed by atoms with Crippen molar-refractivity contribution in [2.75, 3.05) is 0 Å². The molecule has 2 aromatic carbocycles. The van der Waals surface area contributed by atoms with Crippen LogP contribution in [0.1, 0.15) is 58.5 Å². The predicted molar refractivity (Wildman–Crippen MR) is 115 cm³/mol. The highest BCUT2D eigenvalue weighted by molar-refractivity contribution is 6.31. The lowest BCUT2D eigenvalue weighted by Crippen LogP contribution is -2.17. The summed E-state index contributed by atoms with van der Waals surface area (Å²) >= 11 is 12.1. The molecule has 1 heterocycles. The number of nitrogens with zero attached hydrogens (tertiary/aromatic N) is 1. The van der Waals surface area contributed by atoms with Crippen LogP contribution in [0.15, 0.2) is 48.7 Å². The van der Waals surface area contributed by atoms with Crippen LogP contribution in [0.4, 0.5) is 4.39 Å². The smallest absolute Gasteiger partial charge is 0.337 e. The lowest BCUT2D eigenvalue weighted by atomic mass is 9.84. The number of aromatic carboxylic acids is 1. The summed E-state index contributed by atoms with van der Waals surface area (Å²) in [6, 6.07) is 12.0. The number of rotatable bonds is 6. The van der Waals surface area contributed by atoms with Crippen LogP contribution in [0.5, 0.6) is 0 Å². The SMILES string of the molecule is Cc1cc(Cl)ccc1C(Cc1cccc(Cl)c1F)c1c(C(=O)O)ccn1C(C)C. The number of aryl methyl sites for hydroxylation is 1. The van der Waals surface area contributed by atoms with E-state index in [9.17, 15) is 14.3 Å². The molecule has 29 heavy (non-hydrogen) atoms. The first-order valence-electron chi connectivity index (χ1n) is 9.33. The number of carboxylic acid groups (broad SMARTS) is 1. The van der Waals surface area contributed by atoms with E-state index in [-0.39, 0.29) is 29.0 Å². The number of benzene rings is 2. The normalized spacial score (nSPS) is 12.4. The van der Waals surface area contributed by atoms with Gasteiger partial charge in [-0.3, -0.25) is 0 Å². The lowest BCUT2D eigenvalue weighted by Gasteiger charge is -2.25. The minimum Gasteiger partial charge on any atom is -0.478 e. The van der Waals surface area contributed by atoms with Crippen molar-refractivity contribution in [3.8, 4) is 0 Å². The fourth-order valence-electron chi connectivity index (χ4n) is 3.77. The number of carbonyl (C=O) groups is 1. The summed E-state index contributed by atoms with van der Waals surface area (Å²) in [5.41, 5.74) is 3.09. The summed E-state index contributed by atoms with van der Waals surface area (Å²) in [7, 11) is 0. The minimum atomic E-state index is -1.01. The average Bonchev–Trinajstić information content (AvgIpc) is 3.09. The van der Waals surface area contributed by atoms with Gasteiger partial charge in [-0.2, -0.15) is 0 Å². The molecular formula is C23H22Cl2FNO2. The first-order chi connectivity index (χ1) is 13.7. The predicted octanol–water partition coefficient (Wildman–Crippen LogP) is 6.90.